The minimum absolute atomic E-state index is 0.0835. The maximum absolute atomic E-state index is 13.6. The van der Waals surface area contributed by atoms with Gasteiger partial charge in [0.25, 0.3) is 5.91 Å². The highest BCUT2D eigenvalue weighted by Crippen LogP contribution is 2.37. The molecule has 2 heterocycles. The fourth-order valence-electron chi connectivity index (χ4n) is 4.64. The van der Waals surface area contributed by atoms with Crippen molar-refractivity contribution in [2.24, 2.45) is 5.92 Å². The number of sulfonamides is 1. The van der Waals surface area contributed by atoms with Crippen LogP contribution < -0.4 is 4.74 Å². The van der Waals surface area contributed by atoms with Crippen molar-refractivity contribution in [1.82, 2.24) is 14.2 Å². The Morgan fingerprint density at radius 2 is 2.03 bits per heavy atom. The molecule has 2 aliphatic rings. The van der Waals surface area contributed by atoms with Gasteiger partial charge in [0.1, 0.15) is 16.7 Å². The number of allylic oxidation sites excluding steroid dienone is 2. The van der Waals surface area contributed by atoms with Crippen LogP contribution in [0.25, 0.3) is 5.57 Å². The highest BCUT2D eigenvalue weighted by molar-refractivity contribution is 7.89. The van der Waals surface area contributed by atoms with E-state index in [-0.39, 0.29) is 42.2 Å². The van der Waals surface area contributed by atoms with Crippen LogP contribution in [0.2, 0.25) is 0 Å². The van der Waals surface area contributed by atoms with E-state index in [0.29, 0.717) is 5.56 Å². The third-order valence-corrected chi connectivity index (χ3v) is 8.83. The van der Waals surface area contributed by atoms with Crippen molar-refractivity contribution in [2.45, 2.75) is 50.2 Å². The monoisotopic (exact) mass is 499 g/mol. The molecule has 1 N–H and O–H groups in total. The molecule has 1 aromatic carbocycles. The van der Waals surface area contributed by atoms with Gasteiger partial charge in [-0.3, -0.25) is 9.78 Å². The summed E-state index contributed by atoms with van der Waals surface area (Å²) in [4.78, 5) is 18.6. The zero-order chi connectivity index (χ0) is 25.2. The molecule has 1 amide bonds. The van der Waals surface area contributed by atoms with Gasteiger partial charge in [-0.1, -0.05) is 19.1 Å². The Morgan fingerprint density at radius 1 is 1.29 bits per heavy atom. The van der Waals surface area contributed by atoms with Crippen molar-refractivity contribution in [3.8, 4) is 5.75 Å². The summed E-state index contributed by atoms with van der Waals surface area (Å²) in [5.41, 5.74) is 2.66. The van der Waals surface area contributed by atoms with E-state index in [1.807, 2.05) is 19.1 Å². The second kappa shape index (κ2) is 10.5. The van der Waals surface area contributed by atoms with Gasteiger partial charge in [0.05, 0.1) is 13.2 Å². The van der Waals surface area contributed by atoms with Crippen molar-refractivity contribution in [3.63, 3.8) is 0 Å². The number of ether oxygens (including phenoxy) is 1. The number of hydrogen-bond acceptors (Lipinski definition) is 6. The maximum Gasteiger partial charge on any atom is 0.253 e. The molecule has 2 aromatic rings. The lowest BCUT2D eigenvalue weighted by Gasteiger charge is -2.37. The molecule has 0 radical (unpaired) electrons. The van der Waals surface area contributed by atoms with Crippen LogP contribution in [-0.2, 0) is 10.0 Å². The van der Waals surface area contributed by atoms with E-state index >= 15 is 0 Å². The predicted octanol–water partition coefficient (Wildman–Crippen LogP) is 3.19. The molecule has 9 heteroatoms. The van der Waals surface area contributed by atoms with Crippen LogP contribution in [0.15, 0.2) is 53.7 Å². The molecule has 4 rings (SSSR count). The Kier molecular flexibility index (Phi) is 7.59. The van der Waals surface area contributed by atoms with E-state index in [2.05, 4.69) is 11.1 Å². The van der Waals surface area contributed by atoms with Gasteiger partial charge in [-0.25, -0.2) is 8.42 Å². The summed E-state index contributed by atoms with van der Waals surface area (Å²) >= 11 is 0. The lowest BCUT2D eigenvalue weighted by atomic mass is 10.0. The molecular weight excluding hydrogens is 466 g/mol. The Morgan fingerprint density at radius 3 is 2.69 bits per heavy atom. The molecule has 1 aromatic heterocycles. The first-order chi connectivity index (χ1) is 16.7. The lowest BCUT2D eigenvalue weighted by Crippen LogP contribution is -2.50. The molecule has 0 bridgehead atoms. The largest absolute Gasteiger partial charge is 0.487 e. The Hall–Kier alpha value is -2.75. The second-order valence-corrected chi connectivity index (χ2v) is 11.3. The van der Waals surface area contributed by atoms with Gasteiger partial charge in [0.15, 0.2) is 0 Å². The molecule has 0 fully saturated rings. The molecule has 188 valence electrons. The summed E-state index contributed by atoms with van der Waals surface area (Å²) in [6.45, 7) is 3.75. The highest BCUT2D eigenvalue weighted by Gasteiger charge is 2.38. The number of rotatable bonds is 6. The van der Waals surface area contributed by atoms with Gasteiger partial charge in [0, 0.05) is 43.5 Å². The zero-order valence-corrected chi connectivity index (χ0v) is 21.2. The number of carbonyl (C=O) groups excluding carboxylic acids is 1. The number of pyridine rings is 1. The summed E-state index contributed by atoms with van der Waals surface area (Å²) in [6, 6.07) is 7.97. The number of likely N-dealkylation sites (N-methyl/N-ethyl adjacent to an activating group) is 1. The maximum atomic E-state index is 13.6. The number of hydrogen-bond donors (Lipinski definition) is 1. The third kappa shape index (κ3) is 5.27. The van der Waals surface area contributed by atoms with Crippen LogP contribution in [0.3, 0.4) is 0 Å². The topological polar surface area (TPSA) is 100 Å². The second-order valence-electron chi connectivity index (χ2n) is 9.44. The van der Waals surface area contributed by atoms with Crippen molar-refractivity contribution in [1.29, 1.82) is 0 Å². The molecule has 0 spiro atoms. The molecular formula is C26H33N3O5S. The number of aliphatic hydroxyl groups excluding tert-OH is 1. The number of nitrogens with zero attached hydrogens (tertiary/aromatic N) is 3. The summed E-state index contributed by atoms with van der Waals surface area (Å²) < 4.78 is 35.0. The average molecular weight is 500 g/mol. The highest BCUT2D eigenvalue weighted by atomic mass is 32.2. The van der Waals surface area contributed by atoms with Crippen molar-refractivity contribution < 1.29 is 23.1 Å². The summed E-state index contributed by atoms with van der Waals surface area (Å²) in [6.07, 6.45) is 7.91. The standard InChI is InChI=1S/C26H33N3O5S/c1-18-15-29(19(2)17-30)35(32,33)25-9-8-22(20-6-4-5-7-20)14-23(25)34-24(18)16-28(3)26(31)21-10-12-27-13-11-21/h6,8-14,18-19,24,30H,4-5,7,15-17H2,1-3H3/t18-,19-,24-/m0/s1. The smallest absolute Gasteiger partial charge is 0.253 e. The van der Waals surface area contributed by atoms with Gasteiger partial charge < -0.3 is 14.7 Å². The Labute approximate surface area is 207 Å². The first kappa shape index (κ1) is 25.3. The normalized spacial score (nSPS) is 22.8. The third-order valence-electron chi connectivity index (χ3n) is 6.81. The molecule has 3 atom stereocenters. The minimum Gasteiger partial charge on any atom is -0.487 e. The van der Waals surface area contributed by atoms with Crippen LogP contribution in [-0.4, -0.2) is 72.5 Å². The van der Waals surface area contributed by atoms with Crippen LogP contribution in [0, 0.1) is 5.92 Å². The van der Waals surface area contributed by atoms with Crippen LogP contribution >= 0.6 is 0 Å². The quantitative estimate of drug-likeness (QED) is 0.655. The Balaban J connectivity index is 1.72. The molecule has 35 heavy (non-hydrogen) atoms. The van der Waals surface area contributed by atoms with Crippen molar-refractivity contribution in [2.75, 3.05) is 26.7 Å². The number of carbonyl (C=O) groups is 1. The summed E-state index contributed by atoms with van der Waals surface area (Å²) in [5, 5.41) is 9.81. The van der Waals surface area contributed by atoms with Gasteiger partial charge in [0.2, 0.25) is 10.0 Å². The number of amides is 1. The molecule has 1 aliphatic carbocycles. The number of aromatic nitrogens is 1. The van der Waals surface area contributed by atoms with E-state index in [9.17, 15) is 18.3 Å². The van der Waals surface area contributed by atoms with Gasteiger partial charge in [-0.05, 0) is 61.6 Å². The predicted molar refractivity (Wildman–Crippen MR) is 133 cm³/mol. The first-order valence-corrected chi connectivity index (χ1v) is 13.4. The minimum atomic E-state index is -3.90. The van der Waals surface area contributed by atoms with Gasteiger partial charge >= 0.3 is 0 Å². The Bertz CT molecular complexity index is 1200. The van der Waals surface area contributed by atoms with E-state index in [4.69, 9.17) is 4.74 Å². The van der Waals surface area contributed by atoms with E-state index < -0.39 is 22.2 Å². The number of aliphatic hydroxyl groups is 1. The van der Waals surface area contributed by atoms with Crippen LogP contribution in [0.4, 0.5) is 0 Å². The summed E-state index contributed by atoms with van der Waals surface area (Å²) in [5.74, 6) is -0.121. The van der Waals surface area contributed by atoms with Crippen molar-refractivity contribution >= 4 is 21.5 Å². The van der Waals surface area contributed by atoms with Gasteiger partial charge in [-0.2, -0.15) is 4.31 Å². The van der Waals surface area contributed by atoms with Crippen LogP contribution in [0.5, 0.6) is 5.75 Å². The SMILES string of the molecule is C[C@H]1CN([C@@H](C)CO)S(=O)(=O)c2ccc(C3=CCCC3)cc2O[C@H]1CN(C)C(=O)c1ccncc1. The fourth-order valence-corrected chi connectivity index (χ4v) is 6.47. The van der Waals surface area contributed by atoms with Crippen LogP contribution in [0.1, 0.15) is 49.0 Å². The molecule has 0 unspecified atom stereocenters. The molecule has 0 saturated carbocycles. The molecule has 0 saturated heterocycles. The van der Waals surface area contributed by atoms with Gasteiger partial charge in [-0.15, -0.1) is 0 Å². The number of benzene rings is 1. The number of fused-ring (bicyclic) bond motifs is 1. The average Bonchev–Trinajstić information content (AvgIpc) is 3.40. The molecule has 8 nitrogen and oxygen atoms in total. The molecule has 1 aliphatic heterocycles. The lowest BCUT2D eigenvalue weighted by molar-refractivity contribution is 0.0563. The van der Waals surface area contributed by atoms with Crippen molar-refractivity contribution in [3.05, 3.63) is 59.9 Å². The van der Waals surface area contributed by atoms with E-state index in [1.165, 1.54) is 9.88 Å². The zero-order valence-electron chi connectivity index (χ0n) is 20.4. The van der Waals surface area contributed by atoms with E-state index in [0.717, 1.165) is 24.8 Å². The fraction of sp³-hybridized carbons (Fsp3) is 0.462. The first-order valence-electron chi connectivity index (χ1n) is 12.0. The van der Waals surface area contributed by atoms with E-state index in [1.54, 1.807) is 49.5 Å². The summed E-state index contributed by atoms with van der Waals surface area (Å²) in [7, 11) is -2.19.